The molecule has 2 amide bonds. The zero-order chi connectivity index (χ0) is 24.2. The van der Waals surface area contributed by atoms with Gasteiger partial charge in [-0.2, -0.15) is 5.10 Å². The van der Waals surface area contributed by atoms with Gasteiger partial charge in [-0.1, -0.05) is 66.7 Å². The fourth-order valence-corrected chi connectivity index (χ4v) is 4.17. The van der Waals surface area contributed by atoms with E-state index in [0.29, 0.717) is 31.9 Å². The maximum Gasteiger partial charge on any atom is 0.272 e. The van der Waals surface area contributed by atoms with Crippen molar-refractivity contribution >= 4 is 11.8 Å². The molecule has 0 saturated carbocycles. The second-order valence-electron chi connectivity index (χ2n) is 8.46. The third kappa shape index (κ3) is 4.94. The zero-order valence-corrected chi connectivity index (χ0v) is 19.5. The normalized spacial score (nSPS) is 12.8. The van der Waals surface area contributed by atoms with Gasteiger partial charge in [-0.3, -0.25) is 14.3 Å². The van der Waals surface area contributed by atoms with E-state index >= 15 is 0 Å². The number of benzene rings is 3. The van der Waals surface area contributed by atoms with Crippen molar-refractivity contribution < 1.29 is 14.3 Å². The van der Waals surface area contributed by atoms with Crippen LogP contribution in [0.3, 0.4) is 0 Å². The lowest BCUT2D eigenvalue weighted by molar-refractivity contribution is 0.0683. The van der Waals surface area contributed by atoms with Crippen molar-refractivity contribution in [1.82, 2.24) is 20.0 Å². The summed E-state index contributed by atoms with van der Waals surface area (Å²) < 4.78 is 6.81. The summed E-state index contributed by atoms with van der Waals surface area (Å²) in [5, 5.41) is 7.28. The fourth-order valence-electron chi connectivity index (χ4n) is 4.17. The molecule has 0 aliphatic carbocycles. The topological polar surface area (TPSA) is 76.5 Å². The lowest BCUT2D eigenvalue weighted by Crippen LogP contribution is -2.39. The second-order valence-corrected chi connectivity index (χ2v) is 8.46. The number of amides is 2. The summed E-state index contributed by atoms with van der Waals surface area (Å²) in [7, 11) is 1.62. The summed E-state index contributed by atoms with van der Waals surface area (Å²) in [6, 6.07) is 27.5. The molecule has 0 saturated heterocycles. The molecule has 0 atom stereocenters. The van der Waals surface area contributed by atoms with Crippen LogP contribution in [0.25, 0.3) is 11.1 Å². The number of hydrogen-bond donors (Lipinski definition) is 1. The first kappa shape index (κ1) is 22.4. The molecule has 2 heterocycles. The highest BCUT2D eigenvalue weighted by Crippen LogP contribution is 2.20. The number of hydrogen-bond acceptors (Lipinski definition) is 4. The number of nitrogens with zero attached hydrogens (tertiary/aromatic N) is 3. The smallest absolute Gasteiger partial charge is 0.272 e. The molecule has 1 N–H and O–H groups in total. The Balaban J connectivity index is 1.21. The Morgan fingerprint density at radius 2 is 1.60 bits per heavy atom. The molecule has 4 aromatic rings. The SMILES string of the molecule is COc1ccc(CN2CCn3nc(C(=O)NCc4ccc(-c5ccccc5)cc4)cc3C2=O)cc1. The molecule has 5 rings (SSSR count). The van der Waals surface area contributed by atoms with E-state index in [0.717, 1.165) is 28.0 Å². The van der Waals surface area contributed by atoms with Crippen LogP contribution >= 0.6 is 0 Å². The van der Waals surface area contributed by atoms with Gasteiger partial charge < -0.3 is 15.0 Å². The van der Waals surface area contributed by atoms with Gasteiger partial charge in [0.15, 0.2) is 5.69 Å². The monoisotopic (exact) mass is 466 g/mol. The van der Waals surface area contributed by atoms with Crippen LogP contribution in [0.5, 0.6) is 5.75 Å². The highest BCUT2D eigenvalue weighted by atomic mass is 16.5. The Hall–Kier alpha value is -4.39. The largest absolute Gasteiger partial charge is 0.497 e. The summed E-state index contributed by atoms with van der Waals surface area (Å²) in [4.78, 5) is 27.5. The van der Waals surface area contributed by atoms with E-state index in [1.807, 2.05) is 66.7 Å². The first-order valence-electron chi connectivity index (χ1n) is 11.5. The Bertz CT molecular complexity index is 1330. The van der Waals surface area contributed by atoms with E-state index in [1.54, 1.807) is 22.8 Å². The molecule has 1 aliphatic rings. The van der Waals surface area contributed by atoms with Gasteiger partial charge in [-0.15, -0.1) is 0 Å². The quantitative estimate of drug-likeness (QED) is 0.444. The Morgan fingerprint density at radius 1 is 0.914 bits per heavy atom. The van der Waals surface area contributed by atoms with Crippen LogP contribution in [0.1, 0.15) is 32.1 Å². The Morgan fingerprint density at radius 3 is 2.31 bits per heavy atom. The second kappa shape index (κ2) is 9.85. The van der Waals surface area contributed by atoms with Crippen molar-refractivity contribution in [2.24, 2.45) is 0 Å². The molecule has 0 unspecified atom stereocenters. The van der Waals surface area contributed by atoms with E-state index in [4.69, 9.17) is 4.74 Å². The molecule has 0 spiro atoms. The Labute approximate surface area is 204 Å². The van der Waals surface area contributed by atoms with Gasteiger partial charge in [0.25, 0.3) is 11.8 Å². The fraction of sp³-hybridized carbons (Fsp3) is 0.179. The van der Waals surface area contributed by atoms with Crippen molar-refractivity contribution in [3.63, 3.8) is 0 Å². The minimum atomic E-state index is -0.298. The lowest BCUT2D eigenvalue weighted by Gasteiger charge is -2.27. The molecular formula is C28H26N4O3. The van der Waals surface area contributed by atoms with E-state index in [1.165, 1.54) is 0 Å². The highest BCUT2D eigenvalue weighted by Gasteiger charge is 2.28. The highest BCUT2D eigenvalue weighted by molar-refractivity contribution is 5.98. The van der Waals surface area contributed by atoms with Gasteiger partial charge in [0.05, 0.1) is 13.7 Å². The van der Waals surface area contributed by atoms with Crippen molar-refractivity contribution in [3.8, 4) is 16.9 Å². The molecule has 0 radical (unpaired) electrons. The summed E-state index contributed by atoms with van der Waals surface area (Å²) in [6.45, 7) is 1.96. The van der Waals surface area contributed by atoms with Crippen molar-refractivity contribution in [1.29, 1.82) is 0 Å². The molecule has 0 fully saturated rings. The van der Waals surface area contributed by atoms with Gasteiger partial charge in [0, 0.05) is 25.7 Å². The summed E-state index contributed by atoms with van der Waals surface area (Å²) in [5.41, 5.74) is 4.97. The number of ether oxygens (including phenoxy) is 1. The van der Waals surface area contributed by atoms with Gasteiger partial charge in [0.2, 0.25) is 0 Å². The van der Waals surface area contributed by atoms with Gasteiger partial charge >= 0.3 is 0 Å². The number of methoxy groups -OCH3 is 1. The molecular weight excluding hydrogens is 440 g/mol. The minimum Gasteiger partial charge on any atom is -0.497 e. The van der Waals surface area contributed by atoms with Gasteiger partial charge in [-0.05, 0) is 34.4 Å². The average molecular weight is 467 g/mol. The molecule has 176 valence electrons. The predicted molar refractivity (Wildman–Crippen MR) is 133 cm³/mol. The third-order valence-corrected chi connectivity index (χ3v) is 6.15. The number of carbonyl (C=O) groups is 2. The van der Waals surface area contributed by atoms with Gasteiger partial charge in [0.1, 0.15) is 11.4 Å². The van der Waals surface area contributed by atoms with Crippen LogP contribution in [0.2, 0.25) is 0 Å². The average Bonchev–Trinajstić information content (AvgIpc) is 3.36. The maximum atomic E-state index is 13.0. The van der Waals surface area contributed by atoms with E-state index in [-0.39, 0.29) is 17.5 Å². The first-order chi connectivity index (χ1) is 17.1. The van der Waals surface area contributed by atoms with Crippen LogP contribution < -0.4 is 10.1 Å². The van der Waals surface area contributed by atoms with Crippen molar-refractivity contribution in [3.05, 3.63) is 107 Å². The van der Waals surface area contributed by atoms with E-state index in [9.17, 15) is 9.59 Å². The standard InChI is InChI=1S/C28H26N4O3/c1-35-24-13-9-21(10-14-24)19-31-15-16-32-26(28(31)34)17-25(30-32)27(33)29-18-20-7-11-23(12-8-20)22-5-3-2-4-6-22/h2-14,17H,15-16,18-19H2,1H3,(H,29,33). The molecule has 1 aliphatic heterocycles. The first-order valence-corrected chi connectivity index (χ1v) is 11.5. The molecule has 7 heteroatoms. The Kier molecular flexibility index (Phi) is 6.30. The van der Waals surface area contributed by atoms with Crippen molar-refractivity contribution in [2.45, 2.75) is 19.6 Å². The summed E-state index contributed by atoms with van der Waals surface area (Å²) >= 11 is 0. The van der Waals surface area contributed by atoms with Gasteiger partial charge in [-0.25, -0.2) is 0 Å². The predicted octanol–water partition coefficient (Wildman–Crippen LogP) is 4.14. The number of nitrogens with one attached hydrogen (secondary N) is 1. The third-order valence-electron chi connectivity index (χ3n) is 6.15. The van der Waals surface area contributed by atoms with Crippen LogP contribution in [0.15, 0.2) is 84.9 Å². The van der Waals surface area contributed by atoms with Crippen LogP contribution in [0, 0.1) is 0 Å². The minimum absolute atomic E-state index is 0.130. The number of rotatable bonds is 7. The number of carbonyl (C=O) groups excluding carboxylic acids is 2. The summed E-state index contributed by atoms with van der Waals surface area (Å²) in [6.07, 6.45) is 0. The molecule has 0 bridgehead atoms. The van der Waals surface area contributed by atoms with E-state index in [2.05, 4.69) is 22.5 Å². The van der Waals surface area contributed by atoms with Crippen LogP contribution in [-0.4, -0.2) is 40.1 Å². The number of fused-ring (bicyclic) bond motifs is 1. The molecule has 7 nitrogen and oxygen atoms in total. The van der Waals surface area contributed by atoms with Crippen molar-refractivity contribution in [2.75, 3.05) is 13.7 Å². The van der Waals surface area contributed by atoms with Crippen LogP contribution in [0.4, 0.5) is 0 Å². The molecule has 1 aromatic heterocycles. The maximum absolute atomic E-state index is 13.0. The van der Waals surface area contributed by atoms with E-state index < -0.39 is 0 Å². The number of aromatic nitrogens is 2. The zero-order valence-electron chi connectivity index (χ0n) is 19.5. The van der Waals surface area contributed by atoms with Crippen LogP contribution in [-0.2, 0) is 19.6 Å². The molecule has 35 heavy (non-hydrogen) atoms. The molecule has 3 aromatic carbocycles. The summed E-state index contributed by atoms with van der Waals surface area (Å²) in [5.74, 6) is 0.350. The lowest BCUT2D eigenvalue weighted by atomic mass is 10.0.